The van der Waals surface area contributed by atoms with Gasteiger partial charge < -0.3 is 10.5 Å². The molecule has 0 amide bonds. The first kappa shape index (κ1) is 15.3. The number of nitrogens with two attached hydrogens (primary N) is 1. The van der Waals surface area contributed by atoms with Crippen molar-refractivity contribution < 1.29 is 9.13 Å². The zero-order valence-corrected chi connectivity index (χ0v) is 13.2. The normalized spacial score (nSPS) is 17.1. The Morgan fingerprint density at radius 1 is 1.27 bits per heavy atom. The van der Waals surface area contributed by atoms with Gasteiger partial charge in [0.25, 0.3) is 0 Å². The Balaban J connectivity index is 1.82. The molecule has 2 aromatic carbocycles. The van der Waals surface area contributed by atoms with Gasteiger partial charge in [-0.05, 0) is 43.0 Å². The van der Waals surface area contributed by atoms with Gasteiger partial charge in [-0.25, -0.2) is 4.39 Å². The fourth-order valence-electron chi connectivity index (χ4n) is 2.86. The fourth-order valence-corrected chi connectivity index (χ4v) is 3.12. The van der Waals surface area contributed by atoms with Crippen LogP contribution in [0.4, 0.5) is 4.39 Å². The summed E-state index contributed by atoms with van der Waals surface area (Å²) in [7, 11) is 0. The number of hydrogen-bond acceptors (Lipinski definition) is 2. The maximum atomic E-state index is 14.4. The van der Waals surface area contributed by atoms with E-state index in [4.69, 9.17) is 22.1 Å². The van der Waals surface area contributed by atoms with Crippen LogP contribution >= 0.6 is 11.6 Å². The second-order valence-corrected chi connectivity index (χ2v) is 6.40. The SMILES string of the molecule is CC(N)C1(c2cc(F)c(OCc3ccccc3)c(Cl)c2)CC1. The van der Waals surface area contributed by atoms with Crippen LogP contribution in [0.25, 0.3) is 0 Å². The van der Waals surface area contributed by atoms with Crippen LogP contribution in [0, 0.1) is 5.82 Å². The molecule has 2 N–H and O–H groups in total. The summed E-state index contributed by atoms with van der Waals surface area (Å²) in [6.45, 7) is 2.24. The lowest BCUT2D eigenvalue weighted by Gasteiger charge is -2.21. The zero-order chi connectivity index (χ0) is 15.7. The van der Waals surface area contributed by atoms with Crippen molar-refractivity contribution in [3.8, 4) is 5.75 Å². The fraction of sp³-hybridized carbons (Fsp3) is 0.333. The average molecular weight is 320 g/mol. The second-order valence-electron chi connectivity index (χ2n) is 5.99. The van der Waals surface area contributed by atoms with Gasteiger partial charge in [0.05, 0.1) is 5.02 Å². The number of halogens is 2. The third-order valence-corrected chi connectivity index (χ3v) is 4.74. The summed E-state index contributed by atoms with van der Waals surface area (Å²) < 4.78 is 19.9. The van der Waals surface area contributed by atoms with E-state index >= 15 is 0 Å². The van der Waals surface area contributed by atoms with Crippen molar-refractivity contribution in [3.05, 3.63) is 64.4 Å². The molecule has 1 fully saturated rings. The molecule has 116 valence electrons. The molecule has 0 radical (unpaired) electrons. The predicted molar refractivity (Wildman–Crippen MR) is 86.7 cm³/mol. The lowest BCUT2D eigenvalue weighted by Crippen LogP contribution is -2.31. The maximum Gasteiger partial charge on any atom is 0.174 e. The standard InChI is InChI=1S/C18H19ClFNO/c1-12(21)18(7-8-18)14-9-15(19)17(16(20)10-14)22-11-13-5-3-2-4-6-13/h2-6,9-10,12H,7-8,11,21H2,1H3. The molecular formula is C18H19ClFNO. The van der Waals surface area contributed by atoms with Crippen molar-refractivity contribution in [2.45, 2.75) is 37.8 Å². The molecule has 0 aromatic heterocycles. The molecule has 0 heterocycles. The number of benzene rings is 2. The smallest absolute Gasteiger partial charge is 0.174 e. The van der Waals surface area contributed by atoms with E-state index in [1.165, 1.54) is 6.07 Å². The van der Waals surface area contributed by atoms with Crippen LogP contribution in [0.15, 0.2) is 42.5 Å². The number of hydrogen-bond donors (Lipinski definition) is 1. The van der Waals surface area contributed by atoms with E-state index in [2.05, 4.69) is 0 Å². The molecule has 0 bridgehead atoms. The van der Waals surface area contributed by atoms with Gasteiger partial charge in [0.2, 0.25) is 0 Å². The summed E-state index contributed by atoms with van der Waals surface area (Å²) in [6.07, 6.45) is 1.95. The molecule has 1 saturated carbocycles. The predicted octanol–water partition coefficient (Wildman–Crippen LogP) is 4.44. The van der Waals surface area contributed by atoms with Crippen molar-refractivity contribution in [3.63, 3.8) is 0 Å². The van der Waals surface area contributed by atoms with Gasteiger partial charge in [-0.3, -0.25) is 0 Å². The Morgan fingerprint density at radius 2 is 1.95 bits per heavy atom. The minimum atomic E-state index is -0.426. The molecule has 0 aliphatic heterocycles. The van der Waals surface area contributed by atoms with Crippen LogP contribution in [0.5, 0.6) is 5.75 Å². The van der Waals surface area contributed by atoms with Crippen molar-refractivity contribution in [1.29, 1.82) is 0 Å². The van der Waals surface area contributed by atoms with E-state index in [1.807, 2.05) is 37.3 Å². The molecule has 1 atom stereocenters. The number of rotatable bonds is 5. The zero-order valence-electron chi connectivity index (χ0n) is 12.5. The van der Waals surface area contributed by atoms with E-state index in [-0.39, 0.29) is 23.8 Å². The van der Waals surface area contributed by atoms with E-state index < -0.39 is 5.82 Å². The summed E-state index contributed by atoms with van der Waals surface area (Å²) in [5.74, 6) is -0.319. The first-order chi connectivity index (χ1) is 10.5. The van der Waals surface area contributed by atoms with Crippen LogP contribution in [0.1, 0.15) is 30.9 Å². The summed E-state index contributed by atoms with van der Waals surface area (Å²) in [5, 5.41) is 0.304. The Morgan fingerprint density at radius 3 is 2.50 bits per heavy atom. The van der Waals surface area contributed by atoms with Gasteiger partial charge in [0, 0.05) is 11.5 Å². The second kappa shape index (κ2) is 5.90. The maximum absolute atomic E-state index is 14.4. The summed E-state index contributed by atoms with van der Waals surface area (Å²) in [4.78, 5) is 0. The molecule has 0 saturated heterocycles. The average Bonchev–Trinajstić information content (AvgIpc) is 3.29. The minimum Gasteiger partial charge on any atom is -0.484 e. The van der Waals surface area contributed by atoms with Crippen LogP contribution in [0.2, 0.25) is 5.02 Å². The molecule has 1 aliphatic carbocycles. The van der Waals surface area contributed by atoms with Gasteiger partial charge in [0.1, 0.15) is 6.61 Å². The van der Waals surface area contributed by atoms with E-state index in [1.54, 1.807) is 6.07 Å². The molecule has 22 heavy (non-hydrogen) atoms. The van der Waals surface area contributed by atoms with Crippen molar-refractivity contribution in [1.82, 2.24) is 0 Å². The van der Waals surface area contributed by atoms with Gasteiger partial charge in [-0.1, -0.05) is 41.9 Å². The van der Waals surface area contributed by atoms with Crippen molar-refractivity contribution in [2.75, 3.05) is 0 Å². The summed E-state index contributed by atoms with van der Waals surface area (Å²) >= 11 is 6.23. The summed E-state index contributed by atoms with van der Waals surface area (Å²) in [5.41, 5.74) is 7.76. The molecule has 2 aromatic rings. The van der Waals surface area contributed by atoms with E-state index in [0.29, 0.717) is 5.02 Å². The third kappa shape index (κ3) is 2.83. The Bertz CT molecular complexity index is 645. The lowest BCUT2D eigenvalue weighted by atomic mass is 9.89. The van der Waals surface area contributed by atoms with Gasteiger partial charge >= 0.3 is 0 Å². The molecule has 0 spiro atoms. The lowest BCUT2D eigenvalue weighted by molar-refractivity contribution is 0.290. The first-order valence-electron chi connectivity index (χ1n) is 7.45. The first-order valence-corrected chi connectivity index (χ1v) is 7.82. The highest BCUT2D eigenvalue weighted by Crippen LogP contribution is 2.51. The Kier molecular flexibility index (Phi) is 4.11. The van der Waals surface area contributed by atoms with Crippen LogP contribution < -0.4 is 10.5 Å². The van der Waals surface area contributed by atoms with Crippen LogP contribution in [-0.4, -0.2) is 6.04 Å². The van der Waals surface area contributed by atoms with Gasteiger partial charge in [-0.2, -0.15) is 0 Å². The molecule has 3 rings (SSSR count). The molecular weight excluding hydrogens is 301 g/mol. The van der Waals surface area contributed by atoms with Crippen molar-refractivity contribution in [2.24, 2.45) is 5.73 Å². The summed E-state index contributed by atoms with van der Waals surface area (Å²) in [6, 6.07) is 12.9. The largest absolute Gasteiger partial charge is 0.484 e. The quantitative estimate of drug-likeness (QED) is 0.884. The third-order valence-electron chi connectivity index (χ3n) is 4.46. The van der Waals surface area contributed by atoms with Gasteiger partial charge in [0.15, 0.2) is 11.6 Å². The van der Waals surface area contributed by atoms with Gasteiger partial charge in [-0.15, -0.1) is 0 Å². The van der Waals surface area contributed by atoms with E-state index in [0.717, 1.165) is 24.0 Å². The topological polar surface area (TPSA) is 35.2 Å². The van der Waals surface area contributed by atoms with E-state index in [9.17, 15) is 4.39 Å². The van der Waals surface area contributed by atoms with Crippen LogP contribution in [-0.2, 0) is 12.0 Å². The van der Waals surface area contributed by atoms with Crippen molar-refractivity contribution >= 4 is 11.6 Å². The highest BCUT2D eigenvalue weighted by Gasteiger charge is 2.47. The Labute approximate surface area is 135 Å². The minimum absolute atomic E-state index is 0.0148. The monoisotopic (exact) mass is 319 g/mol. The molecule has 4 heteroatoms. The molecule has 2 nitrogen and oxygen atoms in total. The Hall–Kier alpha value is -1.58. The molecule has 1 aliphatic rings. The highest BCUT2D eigenvalue weighted by atomic mass is 35.5. The number of ether oxygens (including phenoxy) is 1. The van der Waals surface area contributed by atoms with Crippen LogP contribution in [0.3, 0.4) is 0 Å². The highest BCUT2D eigenvalue weighted by molar-refractivity contribution is 6.32. The molecule has 1 unspecified atom stereocenters.